The van der Waals surface area contributed by atoms with Crippen LogP contribution in [0.5, 0.6) is 0 Å². The number of carbonyl (C=O) groups is 1. The van der Waals surface area contributed by atoms with Gasteiger partial charge in [-0.1, -0.05) is 0 Å². The Morgan fingerprint density at radius 1 is 1.46 bits per heavy atom. The molecule has 1 amide bonds. The summed E-state index contributed by atoms with van der Waals surface area (Å²) in [7, 11) is 0. The molecule has 0 aliphatic carbocycles. The number of carbonyl (C=O) groups excluding carboxylic acids is 1. The average Bonchev–Trinajstić information content (AvgIpc) is 2.90. The van der Waals surface area contributed by atoms with E-state index in [1.165, 1.54) is 12.4 Å². The molecule has 0 aliphatic heterocycles. The van der Waals surface area contributed by atoms with Gasteiger partial charge < -0.3 is 11.1 Å². The van der Waals surface area contributed by atoms with Crippen LogP contribution < -0.4 is 16.6 Å². The van der Waals surface area contributed by atoms with Gasteiger partial charge >= 0.3 is 0 Å². The van der Waals surface area contributed by atoms with E-state index in [4.69, 9.17) is 5.73 Å². The second-order valence-corrected chi connectivity index (χ2v) is 6.32. The zero-order chi connectivity index (χ0) is 17.4. The molecular weight excluding hydrogens is 332 g/mol. The van der Waals surface area contributed by atoms with Crippen molar-refractivity contribution in [3.8, 4) is 5.69 Å². The van der Waals surface area contributed by atoms with Crippen LogP contribution in [-0.2, 0) is 0 Å². The number of pyridine rings is 1. The first-order valence-electron chi connectivity index (χ1n) is 7.11. The van der Waals surface area contributed by atoms with Crippen LogP contribution >= 0.6 is 11.3 Å². The van der Waals surface area contributed by atoms with E-state index in [2.05, 4.69) is 15.4 Å². The van der Waals surface area contributed by atoms with Crippen LogP contribution in [0.2, 0.25) is 0 Å². The summed E-state index contributed by atoms with van der Waals surface area (Å²) in [6.45, 7) is 3.60. The second kappa shape index (κ2) is 6.00. The molecule has 9 heteroatoms. The molecule has 7 nitrogen and oxygen atoms in total. The number of halogens is 1. The summed E-state index contributed by atoms with van der Waals surface area (Å²) in [6, 6.07) is 0.985. The Balaban J connectivity index is 2.34. The number of hydrogen-bond acceptors (Lipinski definition) is 6. The number of nitrogens with one attached hydrogen (secondary N) is 1. The summed E-state index contributed by atoms with van der Waals surface area (Å²) >= 11 is 1.13. The fourth-order valence-corrected chi connectivity index (χ4v) is 3.05. The minimum atomic E-state index is -0.678. The number of hydrogen-bond donors (Lipinski definition) is 2. The van der Waals surface area contributed by atoms with E-state index in [-0.39, 0.29) is 27.8 Å². The van der Waals surface area contributed by atoms with Crippen molar-refractivity contribution in [2.45, 2.75) is 19.9 Å². The molecule has 0 unspecified atom stereocenters. The zero-order valence-electron chi connectivity index (χ0n) is 12.9. The van der Waals surface area contributed by atoms with E-state index < -0.39 is 17.3 Å². The van der Waals surface area contributed by atoms with Crippen LogP contribution in [-0.4, -0.2) is 26.7 Å². The minimum Gasteiger partial charge on any atom is -0.390 e. The largest absolute Gasteiger partial charge is 0.390 e. The summed E-state index contributed by atoms with van der Waals surface area (Å²) in [4.78, 5) is 28.9. The van der Waals surface area contributed by atoms with Crippen molar-refractivity contribution in [2.75, 3.05) is 5.73 Å². The van der Waals surface area contributed by atoms with Crippen molar-refractivity contribution in [1.82, 2.24) is 20.1 Å². The number of rotatable bonds is 3. The topological polar surface area (TPSA) is 103 Å². The van der Waals surface area contributed by atoms with Crippen molar-refractivity contribution >= 4 is 33.0 Å². The number of aromatic nitrogens is 3. The molecule has 0 atom stereocenters. The summed E-state index contributed by atoms with van der Waals surface area (Å²) in [5.41, 5.74) is 5.13. The van der Waals surface area contributed by atoms with Gasteiger partial charge in [0, 0.05) is 23.0 Å². The van der Waals surface area contributed by atoms with Gasteiger partial charge in [-0.2, -0.15) is 9.78 Å². The van der Waals surface area contributed by atoms with Crippen molar-refractivity contribution in [1.29, 1.82) is 0 Å². The Morgan fingerprint density at radius 2 is 2.21 bits per heavy atom. The van der Waals surface area contributed by atoms with Gasteiger partial charge in [-0.25, -0.2) is 4.39 Å². The molecule has 0 fully saturated rings. The average molecular weight is 346 g/mol. The molecule has 0 radical (unpaired) electrons. The third kappa shape index (κ3) is 2.62. The van der Waals surface area contributed by atoms with E-state index in [1.807, 2.05) is 0 Å². The molecule has 0 aliphatic rings. The molecule has 3 heterocycles. The van der Waals surface area contributed by atoms with Gasteiger partial charge in [0.15, 0.2) is 11.5 Å². The van der Waals surface area contributed by atoms with Crippen molar-refractivity contribution < 1.29 is 9.18 Å². The highest BCUT2D eigenvalue weighted by atomic mass is 32.1. The molecule has 0 aromatic carbocycles. The Bertz CT molecular complexity index is 995. The lowest BCUT2D eigenvalue weighted by Gasteiger charge is -2.11. The standard InChI is InChI=1S/C15H14FN5O2S/c1-7(2)19-14(22)12-8-6-24-13(17)11(8)15(23)21(20-12)10-5-18-4-3-9(10)16/h3-7H,17H2,1-2H3,(H,19,22)/i16-1. The fraction of sp³-hybridized carbons (Fsp3) is 0.200. The quantitative estimate of drug-likeness (QED) is 0.751. The summed E-state index contributed by atoms with van der Waals surface area (Å²) in [5, 5.41) is 9.11. The summed E-state index contributed by atoms with van der Waals surface area (Å²) < 4.78 is 14.9. The third-order valence-electron chi connectivity index (χ3n) is 3.29. The molecule has 0 saturated carbocycles. The Labute approximate surface area is 139 Å². The van der Waals surface area contributed by atoms with E-state index in [0.717, 1.165) is 22.1 Å². The van der Waals surface area contributed by atoms with E-state index in [0.29, 0.717) is 5.39 Å². The van der Waals surface area contributed by atoms with Gasteiger partial charge in [-0.3, -0.25) is 14.6 Å². The van der Waals surface area contributed by atoms with Crippen LogP contribution in [0, 0.1) is 5.82 Å². The first-order chi connectivity index (χ1) is 11.4. The van der Waals surface area contributed by atoms with Crippen LogP contribution in [0.15, 0.2) is 28.6 Å². The van der Waals surface area contributed by atoms with E-state index in [1.54, 1.807) is 19.2 Å². The SMILES string of the molecule is CC(C)NC(=O)c1nn(-c2cnccc2[18F])c(=O)c2c(N)scc12. The molecule has 24 heavy (non-hydrogen) atoms. The Kier molecular flexibility index (Phi) is 4.02. The highest BCUT2D eigenvalue weighted by molar-refractivity contribution is 7.15. The number of anilines is 1. The van der Waals surface area contributed by atoms with Crippen LogP contribution in [0.1, 0.15) is 24.3 Å². The molecule has 0 bridgehead atoms. The third-order valence-corrected chi connectivity index (χ3v) is 4.10. The molecule has 0 spiro atoms. The van der Waals surface area contributed by atoms with Gasteiger partial charge in [0.1, 0.15) is 5.69 Å². The number of thiophene rings is 1. The smallest absolute Gasteiger partial charge is 0.282 e. The lowest BCUT2D eigenvalue weighted by atomic mass is 10.2. The second-order valence-electron chi connectivity index (χ2n) is 5.41. The Morgan fingerprint density at radius 3 is 2.88 bits per heavy atom. The Hall–Kier alpha value is -2.81. The molecule has 3 aromatic rings. The summed E-state index contributed by atoms with van der Waals surface area (Å²) in [6.07, 6.45) is 2.43. The van der Waals surface area contributed by atoms with Gasteiger partial charge in [0.05, 0.1) is 16.6 Å². The fourth-order valence-electron chi connectivity index (χ4n) is 2.26. The number of nitrogens with zero attached hydrogens (tertiary/aromatic N) is 3. The van der Waals surface area contributed by atoms with Crippen molar-refractivity contribution in [2.24, 2.45) is 0 Å². The first kappa shape index (κ1) is 16.1. The number of fused-ring (bicyclic) bond motifs is 1. The molecule has 3 aromatic heterocycles. The molecule has 3 rings (SSSR count). The first-order valence-corrected chi connectivity index (χ1v) is 7.99. The predicted octanol–water partition coefficient (Wildman–Crippen LogP) is 1.70. The lowest BCUT2D eigenvalue weighted by Crippen LogP contribution is -2.33. The number of amides is 1. The normalized spacial score (nSPS) is 11.2. The number of nitrogen functional groups attached to an aromatic ring is 1. The van der Waals surface area contributed by atoms with Crippen LogP contribution in [0.25, 0.3) is 16.5 Å². The van der Waals surface area contributed by atoms with Gasteiger partial charge in [0.2, 0.25) is 0 Å². The van der Waals surface area contributed by atoms with E-state index >= 15 is 0 Å². The van der Waals surface area contributed by atoms with Crippen molar-refractivity contribution in [3.05, 3.63) is 45.7 Å². The van der Waals surface area contributed by atoms with Crippen LogP contribution in [0.4, 0.5) is 9.39 Å². The molecular formula is C15H14FN5O2S. The maximum absolute atomic E-state index is 14.1. The molecule has 0 saturated heterocycles. The zero-order valence-corrected chi connectivity index (χ0v) is 13.7. The van der Waals surface area contributed by atoms with Crippen LogP contribution in [0.3, 0.4) is 0 Å². The molecule has 124 valence electrons. The molecule has 3 N–H and O–H groups in total. The predicted molar refractivity (Wildman–Crippen MR) is 90.0 cm³/mol. The van der Waals surface area contributed by atoms with Gasteiger partial charge in [0.25, 0.3) is 11.5 Å². The summed E-state index contributed by atoms with van der Waals surface area (Å²) in [5.74, 6) is -1.14. The van der Waals surface area contributed by atoms with Gasteiger partial charge in [-0.15, -0.1) is 11.3 Å². The van der Waals surface area contributed by atoms with Crippen molar-refractivity contribution in [3.63, 3.8) is 0 Å². The highest BCUT2D eigenvalue weighted by Crippen LogP contribution is 2.27. The lowest BCUT2D eigenvalue weighted by molar-refractivity contribution is 0.0938. The highest BCUT2D eigenvalue weighted by Gasteiger charge is 2.22. The van der Waals surface area contributed by atoms with E-state index in [9.17, 15) is 14.0 Å². The maximum Gasteiger partial charge on any atom is 0.282 e. The monoisotopic (exact) mass is 346 g/mol. The number of nitrogens with two attached hydrogens (primary N) is 1. The van der Waals surface area contributed by atoms with Gasteiger partial charge in [-0.05, 0) is 19.9 Å². The maximum atomic E-state index is 14.1. The minimum absolute atomic E-state index is 0.00880.